The number of anilines is 2. The molecule has 2 aliphatic rings. The molecule has 1 fully saturated rings. The Kier molecular flexibility index (Phi) is 7.71. The lowest BCUT2D eigenvalue weighted by Crippen LogP contribution is -2.49. The molecule has 0 aliphatic carbocycles. The molecule has 0 amide bonds. The van der Waals surface area contributed by atoms with E-state index in [2.05, 4.69) is 15.0 Å². The minimum atomic E-state index is -0.833. The van der Waals surface area contributed by atoms with Crippen molar-refractivity contribution in [1.82, 2.24) is 25.1 Å². The molecule has 4 aromatic rings. The van der Waals surface area contributed by atoms with Crippen molar-refractivity contribution in [3.8, 4) is 28.4 Å². The minimum absolute atomic E-state index is 0.178. The minimum Gasteiger partial charge on any atom is -0.491 e. The molecule has 0 spiro atoms. The molecule has 0 saturated carbocycles. The number of halogens is 2. The van der Waals surface area contributed by atoms with Gasteiger partial charge < -0.3 is 24.2 Å². The molecular formula is C30H33ClFN7O3. The Morgan fingerprint density at radius 3 is 2.67 bits per heavy atom. The first-order chi connectivity index (χ1) is 20.2. The van der Waals surface area contributed by atoms with Gasteiger partial charge in [-0.25, -0.2) is 24.3 Å². The van der Waals surface area contributed by atoms with Gasteiger partial charge in [-0.05, 0) is 45.4 Å². The van der Waals surface area contributed by atoms with Gasteiger partial charge in [-0.3, -0.25) is 0 Å². The van der Waals surface area contributed by atoms with Crippen LogP contribution in [0.2, 0.25) is 5.02 Å². The van der Waals surface area contributed by atoms with Crippen LogP contribution in [0.5, 0.6) is 5.75 Å². The number of aliphatic hydroxyl groups is 1. The zero-order valence-electron chi connectivity index (χ0n) is 24.1. The number of benzene rings is 1. The van der Waals surface area contributed by atoms with Crippen molar-refractivity contribution < 1.29 is 18.8 Å². The summed E-state index contributed by atoms with van der Waals surface area (Å²) in [6.45, 7) is 9.64. The van der Waals surface area contributed by atoms with Gasteiger partial charge in [-0.1, -0.05) is 30.1 Å². The highest BCUT2D eigenvalue weighted by Gasteiger charge is 2.32. The van der Waals surface area contributed by atoms with Crippen molar-refractivity contribution in [2.45, 2.75) is 65.9 Å². The average Bonchev–Trinajstić information content (AvgIpc) is 3.53. The van der Waals surface area contributed by atoms with Gasteiger partial charge in [0.25, 0.3) is 0 Å². The maximum Gasteiger partial charge on any atom is 0.225 e. The topological polar surface area (TPSA) is 114 Å². The number of ether oxygens (including phenoxy) is 1. The standard InChI is InChI=1S/C30H33ClFN7O3/c1-5-6-21(40)15-41-22-7-8-24(31)23(9-22)28-35-27(26-17(3)37-42-18(26)4)16(2)29(36-28)38-11-19-10-33-30(34-25(19)14-38)39-12-20(32)13-39/h7-10,20-21,40H,5-6,11-15H2,1-4H3/t21-/m1/s1. The van der Waals surface area contributed by atoms with Crippen LogP contribution >= 0.6 is 11.6 Å². The van der Waals surface area contributed by atoms with E-state index in [0.29, 0.717) is 72.2 Å². The van der Waals surface area contributed by atoms with Crippen molar-refractivity contribution in [3.05, 3.63) is 57.7 Å². The average molecular weight is 594 g/mol. The molecule has 1 atom stereocenters. The molecule has 0 radical (unpaired) electrons. The van der Waals surface area contributed by atoms with Crippen LogP contribution in [0, 0.1) is 20.8 Å². The van der Waals surface area contributed by atoms with Crippen molar-refractivity contribution in [2.75, 3.05) is 29.5 Å². The molecular weight excluding hydrogens is 561 g/mol. The molecule has 10 nitrogen and oxygen atoms in total. The normalized spacial score (nSPS) is 15.6. The first-order valence-electron chi connectivity index (χ1n) is 14.1. The van der Waals surface area contributed by atoms with Gasteiger partial charge in [0.15, 0.2) is 5.82 Å². The van der Waals surface area contributed by atoms with Crippen LogP contribution in [0.1, 0.15) is 48.0 Å². The fourth-order valence-corrected chi connectivity index (χ4v) is 5.61. The summed E-state index contributed by atoms with van der Waals surface area (Å²) in [6.07, 6.45) is 1.96. The number of aliphatic hydroxyl groups excluding tert-OH is 1. The third-order valence-electron chi connectivity index (χ3n) is 7.70. The van der Waals surface area contributed by atoms with Gasteiger partial charge in [0.2, 0.25) is 5.95 Å². The predicted octanol–water partition coefficient (Wildman–Crippen LogP) is 5.39. The largest absolute Gasteiger partial charge is 0.491 e. The molecule has 0 bridgehead atoms. The Morgan fingerprint density at radius 1 is 1.14 bits per heavy atom. The van der Waals surface area contributed by atoms with Crippen LogP contribution in [-0.4, -0.2) is 62.2 Å². The fraction of sp³-hybridized carbons (Fsp3) is 0.433. The summed E-state index contributed by atoms with van der Waals surface area (Å²) in [7, 11) is 0. The summed E-state index contributed by atoms with van der Waals surface area (Å²) in [5, 5.41) is 14.8. The van der Waals surface area contributed by atoms with Crippen LogP contribution in [-0.2, 0) is 13.1 Å². The van der Waals surface area contributed by atoms with Crippen LogP contribution in [0.25, 0.3) is 22.6 Å². The second kappa shape index (κ2) is 11.4. The SMILES string of the molecule is CCC[C@@H](O)COc1ccc(Cl)c(-c2nc(-c3c(C)noc3C)c(C)c(N3Cc4cnc(N5CC(F)C5)nc4C3)n2)c1. The highest BCUT2D eigenvalue weighted by molar-refractivity contribution is 6.33. The summed E-state index contributed by atoms with van der Waals surface area (Å²) < 4.78 is 24.8. The van der Waals surface area contributed by atoms with E-state index in [1.807, 2.05) is 38.8 Å². The lowest BCUT2D eigenvalue weighted by atomic mass is 10.0. The number of nitrogens with zero attached hydrogens (tertiary/aromatic N) is 7. The molecule has 1 saturated heterocycles. The van der Waals surface area contributed by atoms with Crippen molar-refractivity contribution >= 4 is 23.4 Å². The first kappa shape index (κ1) is 28.3. The Labute approximate surface area is 248 Å². The highest BCUT2D eigenvalue weighted by atomic mass is 35.5. The number of alkyl halides is 1. The molecule has 6 rings (SSSR count). The summed E-state index contributed by atoms with van der Waals surface area (Å²) >= 11 is 6.71. The molecule has 1 aromatic carbocycles. The highest BCUT2D eigenvalue weighted by Crippen LogP contribution is 2.39. The predicted molar refractivity (Wildman–Crippen MR) is 158 cm³/mol. The van der Waals surface area contributed by atoms with Crippen LogP contribution < -0.4 is 14.5 Å². The monoisotopic (exact) mass is 593 g/mol. The third kappa shape index (κ3) is 5.38. The Balaban J connectivity index is 1.39. The van der Waals surface area contributed by atoms with Crippen molar-refractivity contribution in [1.29, 1.82) is 0 Å². The van der Waals surface area contributed by atoms with Gasteiger partial charge in [0.1, 0.15) is 30.1 Å². The lowest BCUT2D eigenvalue weighted by molar-refractivity contribution is 0.0994. The van der Waals surface area contributed by atoms with Crippen LogP contribution in [0.3, 0.4) is 0 Å². The zero-order chi connectivity index (χ0) is 29.5. The number of hydrogen-bond donors (Lipinski definition) is 1. The summed E-state index contributed by atoms with van der Waals surface area (Å²) in [5.41, 5.74) is 5.58. The third-order valence-corrected chi connectivity index (χ3v) is 8.03. The Morgan fingerprint density at radius 2 is 1.95 bits per heavy atom. The first-order valence-corrected chi connectivity index (χ1v) is 14.5. The summed E-state index contributed by atoms with van der Waals surface area (Å²) in [4.78, 5) is 23.2. The molecule has 0 unspecified atom stereocenters. The van der Waals surface area contributed by atoms with Gasteiger partial charge in [-0.15, -0.1) is 0 Å². The molecule has 12 heteroatoms. The summed E-state index contributed by atoms with van der Waals surface area (Å²) in [5.74, 6) is 2.91. The fourth-order valence-electron chi connectivity index (χ4n) is 5.41. The smallest absolute Gasteiger partial charge is 0.225 e. The van der Waals surface area contributed by atoms with E-state index >= 15 is 0 Å². The quantitative estimate of drug-likeness (QED) is 0.271. The van der Waals surface area contributed by atoms with E-state index in [1.165, 1.54) is 0 Å². The number of aromatic nitrogens is 5. The molecule has 2 aliphatic heterocycles. The lowest BCUT2D eigenvalue weighted by Gasteiger charge is -2.34. The van der Waals surface area contributed by atoms with Crippen molar-refractivity contribution in [2.24, 2.45) is 0 Å². The number of aryl methyl sites for hydroxylation is 2. The van der Waals surface area contributed by atoms with E-state index in [1.54, 1.807) is 18.2 Å². The Hall–Kier alpha value is -3.83. The molecule has 1 N–H and O–H groups in total. The van der Waals surface area contributed by atoms with E-state index < -0.39 is 12.3 Å². The number of hydrogen-bond acceptors (Lipinski definition) is 10. The van der Waals surface area contributed by atoms with E-state index in [0.717, 1.165) is 40.3 Å². The second-order valence-corrected chi connectivity index (χ2v) is 11.3. The summed E-state index contributed by atoms with van der Waals surface area (Å²) in [6, 6.07) is 5.32. The maximum absolute atomic E-state index is 13.4. The molecule has 42 heavy (non-hydrogen) atoms. The van der Waals surface area contributed by atoms with E-state index in [4.69, 9.17) is 35.8 Å². The molecule has 220 valence electrons. The maximum atomic E-state index is 13.4. The van der Waals surface area contributed by atoms with Gasteiger partial charge in [0, 0.05) is 29.4 Å². The van der Waals surface area contributed by atoms with Gasteiger partial charge in [-0.2, -0.15) is 0 Å². The molecule has 5 heterocycles. The van der Waals surface area contributed by atoms with E-state index in [-0.39, 0.29) is 6.61 Å². The van der Waals surface area contributed by atoms with Gasteiger partial charge in [0.05, 0.1) is 53.4 Å². The molecule has 3 aromatic heterocycles. The zero-order valence-corrected chi connectivity index (χ0v) is 24.8. The van der Waals surface area contributed by atoms with E-state index in [9.17, 15) is 9.50 Å². The van der Waals surface area contributed by atoms with Gasteiger partial charge >= 0.3 is 0 Å². The van der Waals surface area contributed by atoms with Crippen LogP contribution in [0.4, 0.5) is 16.2 Å². The Bertz CT molecular complexity index is 1610. The number of fused-ring (bicyclic) bond motifs is 1. The second-order valence-electron chi connectivity index (χ2n) is 10.9. The number of rotatable bonds is 9. The van der Waals surface area contributed by atoms with Crippen LogP contribution in [0.15, 0.2) is 28.9 Å². The van der Waals surface area contributed by atoms with Crippen molar-refractivity contribution in [3.63, 3.8) is 0 Å².